The molecule has 0 fully saturated rings. The Bertz CT molecular complexity index is 1730. The number of fused-ring (bicyclic) bond motifs is 1. The molecule has 0 bridgehead atoms. The molecule has 188 valence electrons. The SMILES string of the molecule is CCOC(=O)C1=C(C)N=c2s/c(=C\c3ccc(-c4cc(Cl)ccc4C)o3)c(=O)n2[C@@H]1c1ccc(F)cc1. The highest BCUT2D eigenvalue weighted by atomic mass is 35.5. The minimum Gasteiger partial charge on any atom is -0.463 e. The van der Waals surface area contributed by atoms with Crippen LogP contribution < -0.4 is 14.9 Å². The van der Waals surface area contributed by atoms with Crippen molar-refractivity contribution in [2.45, 2.75) is 26.8 Å². The zero-order valence-corrected chi connectivity index (χ0v) is 21.8. The lowest BCUT2D eigenvalue weighted by Crippen LogP contribution is -2.39. The van der Waals surface area contributed by atoms with Crippen LogP contribution >= 0.6 is 22.9 Å². The third-order valence-corrected chi connectivity index (χ3v) is 7.29. The van der Waals surface area contributed by atoms with Crippen LogP contribution in [0.25, 0.3) is 17.4 Å². The minimum atomic E-state index is -0.806. The Hall–Kier alpha value is -3.75. The summed E-state index contributed by atoms with van der Waals surface area (Å²) in [6.07, 6.45) is 1.65. The summed E-state index contributed by atoms with van der Waals surface area (Å²) in [6, 6.07) is 14.1. The number of benzene rings is 2. The molecule has 2 aromatic carbocycles. The van der Waals surface area contributed by atoms with Gasteiger partial charge in [0.2, 0.25) is 0 Å². The standard InChI is InChI=1S/C28H22ClFN2O4S/c1-4-35-27(34)24-16(3)31-28-32(25(24)17-6-9-19(30)10-7-17)26(33)23(37-28)14-20-11-12-22(36-20)21-13-18(29)8-5-15(21)2/h5-14,25H,4H2,1-3H3/b23-14-/t25-/m1/s1. The van der Waals surface area contributed by atoms with E-state index in [1.165, 1.54) is 28.0 Å². The minimum absolute atomic E-state index is 0.170. The van der Waals surface area contributed by atoms with Crippen LogP contribution in [0.5, 0.6) is 0 Å². The molecule has 6 nitrogen and oxygen atoms in total. The number of nitrogens with zero attached hydrogens (tertiary/aromatic N) is 2. The van der Waals surface area contributed by atoms with E-state index in [9.17, 15) is 14.0 Å². The quantitative estimate of drug-likeness (QED) is 0.330. The highest BCUT2D eigenvalue weighted by Crippen LogP contribution is 2.31. The molecule has 0 saturated carbocycles. The molecule has 0 spiro atoms. The van der Waals surface area contributed by atoms with E-state index >= 15 is 0 Å². The highest BCUT2D eigenvalue weighted by molar-refractivity contribution is 7.07. The van der Waals surface area contributed by atoms with Crippen molar-refractivity contribution in [3.05, 3.63) is 113 Å². The van der Waals surface area contributed by atoms with Crippen LogP contribution in [-0.4, -0.2) is 17.1 Å². The van der Waals surface area contributed by atoms with Crippen LogP contribution in [0.15, 0.2) is 80.1 Å². The molecule has 0 unspecified atom stereocenters. The number of carbonyl (C=O) groups excluding carboxylic acids is 1. The third kappa shape index (κ3) is 4.70. The third-order valence-electron chi connectivity index (χ3n) is 6.07. The number of halogens is 2. The average molecular weight is 537 g/mol. The first-order chi connectivity index (χ1) is 17.8. The topological polar surface area (TPSA) is 73.8 Å². The van der Waals surface area contributed by atoms with Crippen LogP contribution in [0.2, 0.25) is 5.02 Å². The molecule has 1 aliphatic rings. The zero-order valence-electron chi connectivity index (χ0n) is 20.2. The summed E-state index contributed by atoms with van der Waals surface area (Å²) in [6.45, 7) is 5.54. The molecular weight excluding hydrogens is 515 g/mol. The van der Waals surface area contributed by atoms with Gasteiger partial charge in [0, 0.05) is 16.7 Å². The van der Waals surface area contributed by atoms with Crippen molar-refractivity contribution in [3.63, 3.8) is 0 Å². The maximum atomic E-state index is 13.7. The van der Waals surface area contributed by atoms with Crippen molar-refractivity contribution in [1.29, 1.82) is 0 Å². The van der Waals surface area contributed by atoms with Gasteiger partial charge in [0.1, 0.15) is 17.3 Å². The monoisotopic (exact) mass is 536 g/mol. The van der Waals surface area contributed by atoms with E-state index in [1.54, 1.807) is 38.1 Å². The summed E-state index contributed by atoms with van der Waals surface area (Å²) in [4.78, 5) is 31.5. The number of ether oxygens (including phenoxy) is 1. The lowest BCUT2D eigenvalue weighted by atomic mass is 9.96. The van der Waals surface area contributed by atoms with Crippen molar-refractivity contribution in [3.8, 4) is 11.3 Å². The molecule has 3 heterocycles. The first kappa shape index (κ1) is 24.9. The van der Waals surface area contributed by atoms with Crippen LogP contribution in [0, 0.1) is 12.7 Å². The number of rotatable bonds is 5. The summed E-state index contributed by atoms with van der Waals surface area (Å²) < 4.78 is 26.8. The lowest BCUT2D eigenvalue weighted by Gasteiger charge is -2.24. The number of furan rings is 1. The van der Waals surface area contributed by atoms with Crippen molar-refractivity contribution < 1.29 is 18.3 Å². The summed E-state index contributed by atoms with van der Waals surface area (Å²) in [5.74, 6) is 0.126. The number of allylic oxidation sites excluding steroid dienone is 1. The second-order valence-electron chi connectivity index (χ2n) is 8.52. The maximum Gasteiger partial charge on any atom is 0.338 e. The fourth-order valence-electron chi connectivity index (χ4n) is 4.32. The van der Waals surface area contributed by atoms with Gasteiger partial charge in [-0.25, -0.2) is 14.2 Å². The van der Waals surface area contributed by atoms with Crippen molar-refractivity contribution >= 4 is 35.0 Å². The summed E-state index contributed by atoms with van der Waals surface area (Å²) in [5, 5.41) is 0.598. The van der Waals surface area contributed by atoms with E-state index in [0.29, 0.717) is 37.1 Å². The van der Waals surface area contributed by atoms with Gasteiger partial charge in [-0.1, -0.05) is 41.1 Å². The fraction of sp³-hybridized carbons (Fsp3) is 0.179. The second kappa shape index (κ2) is 9.95. The van der Waals surface area contributed by atoms with Gasteiger partial charge >= 0.3 is 5.97 Å². The summed E-state index contributed by atoms with van der Waals surface area (Å²) in [5.41, 5.74) is 2.78. The van der Waals surface area contributed by atoms with Crippen LogP contribution in [-0.2, 0) is 9.53 Å². The normalized spacial score (nSPS) is 15.5. The molecule has 0 saturated heterocycles. The lowest BCUT2D eigenvalue weighted by molar-refractivity contribution is -0.139. The van der Waals surface area contributed by atoms with Gasteiger partial charge in [-0.15, -0.1) is 0 Å². The van der Waals surface area contributed by atoms with E-state index in [2.05, 4.69) is 4.99 Å². The largest absolute Gasteiger partial charge is 0.463 e. The molecule has 1 atom stereocenters. The molecule has 2 aromatic heterocycles. The number of carbonyl (C=O) groups is 1. The Morgan fingerprint density at radius 2 is 1.95 bits per heavy atom. The second-order valence-corrected chi connectivity index (χ2v) is 9.96. The summed E-state index contributed by atoms with van der Waals surface area (Å²) in [7, 11) is 0. The van der Waals surface area contributed by atoms with Crippen LogP contribution in [0.4, 0.5) is 4.39 Å². The maximum absolute atomic E-state index is 13.7. The van der Waals surface area contributed by atoms with Gasteiger partial charge in [0.15, 0.2) is 4.80 Å². The van der Waals surface area contributed by atoms with Gasteiger partial charge in [-0.05, 0) is 68.3 Å². The van der Waals surface area contributed by atoms with Crippen molar-refractivity contribution in [1.82, 2.24) is 4.57 Å². The van der Waals surface area contributed by atoms with Crippen molar-refractivity contribution in [2.75, 3.05) is 6.61 Å². The van der Waals surface area contributed by atoms with Crippen LogP contribution in [0.3, 0.4) is 0 Å². The van der Waals surface area contributed by atoms with E-state index in [0.717, 1.165) is 11.1 Å². The van der Waals surface area contributed by atoms with E-state index in [4.69, 9.17) is 20.8 Å². The van der Waals surface area contributed by atoms with E-state index in [1.807, 2.05) is 31.2 Å². The summed E-state index contributed by atoms with van der Waals surface area (Å²) >= 11 is 7.35. The zero-order chi connectivity index (χ0) is 26.3. The Balaban J connectivity index is 1.64. The average Bonchev–Trinajstić information content (AvgIpc) is 3.45. The molecule has 9 heteroatoms. The number of hydrogen-bond acceptors (Lipinski definition) is 6. The Kier molecular flexibility index (Phi) is 6.70. The van der Waals surface area contributed by atoms with E-state index in [-0.39, 0.29) is 17.7 Å². The molecule has 0 radical (unpaired) electrons. The first-order valence-electron chi connectivity index (χ1n) is 11.6. The smallest absolute Gasteiger partial charge is 0.338 e. The van der Waals surface area contributed by atoms with Crippen molar-refractivity contribution in [2.24, 2.45) is 4.99 Å². The molecular formula is C28H22ClFN2O4S. The molecule has 4 aromatic rings. The van der Waals surface area contributed by atoms with Gasteiger partial charge < -0.3 is 9.15 Å². The molecule has 5 rings (SSSR count). The molecule has 0 amide bonds. The van der Waals surface area contributed by atoms with Crippen LogP contribution in [0.1, 0.15) is 36.8 Å². The fourth-order valence-corrected chi connectivity index (χ4v) is 5.51. The molecule has 0 N–H and O–H groups in total. The number of aromatic nitrogens is 1. The number of aryl methyl sites for hydroxylation is 1. The van der Waals surface area contributed by atoms with Gasteiger partial charge in [-0.3, -0.25) is 9.36 Å². The predicted molar refractivity (Wildman–Crippen MR) is 141 cm³/mol. The highest BCUT2D eigenvalue weighted by Gasteiger charge is 2.33. The van der Waals surface area contributed by atoms with Gasteiger partial charge in [0.25, 0.3) is 5.56 Å². The predicted octanol–water partition coefficient (Wildman–Crippen LogP) is 5.16. The van der Waals surface area contributed by atoms with Gasteiger partial charge in [0.05, 0.1) is 28.5 Å². The number of esters is 1. The number of hydrogen-bond donors (Lipinski definition) is 0. The molecule has 1 aliphatic heterocycles. The Morgan fingerprint density at radius 1 is 1.19 bits per heavy atom. The molecule has 0 aliphatic carbocycles. The number of thiazole rings is 1. The Morgan fingerprint density at radius 3 is 2.68 bits per heavy atom. The van der Waals surface area contributed by atoms with E-state index < -0.39 is 17.8 Å². The molecule has 37 heavy (non-hydrogen) atoms. The van der Waals surface area contributed by atoms with Gasteiger partial charge in [-0.2, -0.15) is 0 Å². The first-order valence-corrected chi connectivity index (χ1v) is 12.8. The Labute approximate surface area is 220 Å².